The molecule has 0 unspecified atom stereocenters. The van der Waals surface area contributed by atoms with Crippen LogP contribution in [0.25, 0.3) is 0 Å². The second kappa shape index (κ2) is 9.08. The number of carbonyl (C=O) groups is 1. The quantitative estimate of drug-likeness (QED) is 0.556. The van der Waals surface area contributed by atoms with Crippen LogP contribution in [0.3, 0.4) is 0 Å². The molecule has 0 radical (unpaired) electrons. The summed E-state index contributed by atoms with van der Waals surface area (Å²) < 4.78 is 28.0. The Morgan fingerprint density at radius 1 is 1.06 bits per heavy atom. The molecule has 0 N–H and O–H groups in total. The molecule has 0 bridgehead atoms. The predicted molar refractivity (Wildman–Crippen MR) is 115 cm³/mol. The molecule has 0 saturated heterocycles. The minimum Gasteiger partial charge on any atom is -0.390 e. The molecule has 0 aliphatic carbocycles. The molecule has 0 aromatic heterocycles. The Hall–Kier alpha value is -3.54. The maximum atomic E-state index is 14.3. The summed E-state index contributed by atoms with van der Waals surface area (Å²) in [7, 11) is 0. The second-order valence-corrected chi connectivity index (χ2v) is 7.57. The molecule has 1 amide bonds. The first-order valence-corrected chi connectivity index (χ1v) is 10.1. The summed E-state index contributed by atoms with van der Waals surface area (Å²) in [5.74, 6) is -1.29. The van der Waals surface area contributed by atoms with Crippen LogP contribution >= 0.6 is 0 Å². The van der Waals surface area contributed by atoms with Gasteiger partial charge in [-0.25, -0.2) is 8.78 Å². The van der Waals surface area contributed by atoms with Crippen molar-refractivity contribution in [2.45, 2.75) is 26.0 Å². The van der Waals surface area contributed by atoms with Gasteiger partial charge in [-0.1, -0.05) is 53.7 Å². The lowest BCUT2D eigenvalue weighted by Crippen LogP contribution is -2.37. The fourth-order valence-electron chi connectivity index (χ4n) is 3.68. The zero-order valence-corrected chi connectivity index (χ0v) is 17.1. The molecule has 31 heavy (non-hydrogen) atoms. The van der Waals surface area contributed by atoms with Crippen LogP contribution in [0.5, 0.6) is 0 Å². The summed E-state index contributed by atoms with van der Waals surface area (Å²) in [6.45, 7) is 2.24. The minimum absolute atomic E-state index is 0.0432. The predicted octanol–water partition coefficient (Wildman–Crippen LogP) is 5.11. The molecule has 0 spiro atoms. The van der Waals surface area contributed by atoms with Gasteiger partial charge in [0.05, 0.1) is 12.3 Å². The van der Waals surface area contributed by atoms with Crippen molar-refractivity contribution in [3.63, 3.8) is 0 Å². The maximum absolute atomic E-state index is 14.3. The summed E-state index contributed by atoms with van der Waals surface area (Å²) in [5.41, 5.74) is 3.48. The molecule has 6 heteroatoms. The Kier molecular flexibility index (Phi) is 6.07. The number of halogens is 2. The number of oxime groups is 1. The lowest BCUT2D eigenvalue weighted by Gasteiger charge is -2.25. The van der Waals surface area contributed by atoms with Crippen molar-refractivity contribution in [2.75, 3.05) is 6.54 Å². The van der Waals surface area contributed by atoms with E-state index < -0.39 is 17.5 Å². The molecule has 1 atom stereocenters. The first-order valence-electron chi connectivity index (χ1n) is 10.1. The zero-order chi connectivity index (χ0) is 21.8. The lowest BCUT2D eigenvalue weighted by molar-refractivity contribution is 0.0402. The Morgan fingerprint density at radius 3 is 2.61 bits per heavy atom. The monoisotopic (exact) mass is 420 g/mol. The second-order valence-electron chi connectivity index (χ2n) is 7.57. The van der Waals surface area contributed by atoms with Gasteiger partial charge in [0.25, 0.3) is 5.91 Å². The average molecular weight is 420 g/mol. The molecule has 0 fully saturated rings. The number of hydrogen-bond acceptors (Lipinski definition) is 3. The number of rotatable bonds is 6. The molecule has 1 aliphatic heterocycles. The van der Waals surface area contributed by atoms with E-state index in [1.807, 2.05) is 31.2 Å². The standard InChI is InChI=1S/C25H22F2N2O2/c1-17-7-2-4-11-22(17)24-14-21(31-28-24)16-29(15-19-8-3-5-12-23(19)27)25(30)18-9-6-10-20(26)13-18/h2-13,21H,14-16H2,1H3/t21-/m1/s1. The van der Waals surface area contributed by atoms with Gasteiger partial charge in [0, 0.05) is 29.7 Å². The summed E-state index contributed by atoms with van der Waals surface area (Å²) in [5, 5.41) is 4.22. The Balaban J connectivity index is 1.54. The highest BCUT2D eigenvalue weighted by Crippen LogP contribution is 2.22. The van der Waals surface area contributed by atoms with Crippen molar-refractivity contribution in [2.24, 2.45) is 5.16 Å². The van der Waals surface area contributed by atoms with E-state index in [1.54, 1.807) is 24.3 Å². The average Bonchev–Trinajstić information content (AvgIpc) is 3.23. The molecule has 4 rings (SSSR count). The molecular formula is C25H22F2N2O2. The minimum atomic E-state index is -0.501. The smallest absolute Gasteiger partial charge is 0.254 e. The molecule has 0 saturated carbocycles. The van der Waals surface area contributed by atoms with E-state index in [4.69, 9.17) is 4.84 Å². The topological polar surface area (TPSA) is 41.9 Å². The van der Waals surface area contributed by atoms with Crippen LogP contribution in [0.4, 0.5) is 8.78 Å². The highest BCUT2D eigenvalue weighted by Gasteiger charge is 2.28. The van der Waals surface area contributed by atoms with Crippen molar-refractivity contribution in [1.82, 2.24) is 4.90 Å². The van der Waals surface area contributed by atoms with Gasteiger partial charge in [0.15, 0.2) is 6.10 Å². The van der Waals surface area contributed by atoms with E-state index >= 15 is 0 Å². The number of hydrogen-bond donors (Lipinski definition) is 0. The molecule has 3 aromatic carbocycles. The third-order valence-electron chi connectivity index (χ3n) is 5.29. The van der Waals surface area contributed by atoms with E-state index in [9.17, 15) is 13.6 Å². The number of aryl methyl sites for hydroxylation is 1. The normalized spacial score (nSPS) is 15.3. The van der Waals surface area contributed by atoms with E-state index in [1.165, 1.54) is 29.2 Å². The number of benzene rings is 3. The molecular weight excluding hydrogens is 398 g/mol. The van der Waals surface area contributed by atoms with E-state index in [0.717, 1.165) is 16.8 Å². The van der Waals surface area contributed by atoms with E-state index in [0.29, 0.717) is 12.0 Å². The van der Waals surface area contributed by atoms with Gasteiger partial charge in [0.1, 0.15) is 11.6 Å². The highest BCUT2D eigenvalue weighted by molar-refractivity contribution is 6.02. The van der Waals surface area contributed by atoms with Crippen LogP contribution in [-0.2, 0) is 11.4 Å². The van der Waals surface area contributed by atoms with Gasteiger partial charge in [-0.15, -0.1) is 0 Å². The molecule has 4 nitrogen and oxygen atoms in total. The van der Waals surface area contributed by atoms with Gasteiger partial charge in [0.2, 0.25) is 0 Å². The molecule has 1 aliphatic rings. The number of amides is 1. The fourth-order valence-corrected chi connectivity index (χ4v) is 3.68. The summed E-state index contributed by atoms with van der Waals surface area (Å²) >= 11 is 0. The van der Waals surface area contributed by atoms with Crippen molar-refractivity contribution >= 4 is 11.6 Å². The molecule has 1 heterocycles. The first-order chi connectivity index (χ1) is 15.0. The van der Waals surface area contributed by atoms with Gasteiger partial charge >= 0.3 is 0 Å². The van der Waals surface area contributed by atoms with Gasteiger partial charge in [-0.2, -0.15) is 0 Å². The third-order valence-corrected chi connectivity index (χ3v) is 5.29. The summed E-state index contributed by atoms with van der Waals surface area (Å²) in [6, 6.07) is 19.7. The summed E-state index contributed by atoms with van der Waals surface area (Å²) in [4.78, 5) is 20.2. The maximum Gasteiger partial charge on any atom is 0.254 e. The molecule has 3 aromatic rings. The van der Waals surface area contributed by atoms with Crippen molar-refractivity contribution in [3.8, 4) is 0 Å². The zero-order valence-electron chi connectivity index (χ0n) is 17.1. The van der Waals surface area contributed by atoms with Crippen LogP contribution in [-0.4, -0.2) is 29.2 Å². The van der Waals surface area contributed by atoms with E-state index in [2.05, 4.69) is 5.16 Å². The summed E-state index contributed by atoms with van der Waals surface area (Å²) in [6.07, 6.45) is 0.147. The van der Waals surface area contributed by atoms with Gasteiger partial charge in [-0.3, -0.25) is 4.79 Å². The van der Waals surface area contributed by atoms with Gasteiger partial charge < -0.3 is 9.74 Å². The SMILES string of the molecule is Cc1ccccc1C1=NO[C@@H](CN(Cc2ccccc2F)C(=O)c2cccc(F)c2)C1. The van der Waals surface area contributed by atoms with Crippen LogP contribution < -0.4 is 0 Å². The van der Waals surface area contributed by atoms with E-state index in [-0.39, 0.29) is 24.8 Å². The highest BCUT2D eigenvalue weighted by atomic mass is 19.1. The van der Waals surface area contributed by atoms with Crippen LogP contribution in [0.1, 0.15) is 33.5 Å². The van der Waals surface area contributed by atoms with Crippen molar-refractivity contribution in [1.29, 1.82) is 0 Å². The van der Waals surface area contributed by atoms with Gasteiger partial charge in [-0.05, 0) is 36.8 Å². The van der Waals surface area contributed by atoms with Crippen molar-refractivity contribution < 1.29 is 18.4 Å². The Labute approximate surface area is 179 Å². The third kappa shape index (κ3) is 4.79. The van der Waals surface area contributed by atoms with Crippen LogP contribution in [0.2, 0.25) is 0 Å². The Morgan fingerprint density at radius 2 is 1.84 bits per heavy atom. The number of carbonyl (C=O) groups excluding carboxylic acids is 1. The molecule has 158 valence electrons. The Bertz CT molecular complexity index is 1130. The van der Waals surface area contributed by atoms with Crippen LogP contribution in [0, 0.1) is 18.6 Å². The largest absolute Gasteiger partial charge is 0.390 e. The lowest BCUT2D eigenvalue weighted by atomic mass is 10.00. The van der Waals surface area contributed by atoms with Crippen LogP contribution in [0.15, 0.2) is 78.0 Å². The first kappa shape index (κ1) is 20.7. The van der Waals surface area contributed by atoms with Crippen molar-refractivity contribution in [3.05, 3.63) is 107 Å². The fraction of sp³-hybridized carbons (Fsp3) is 0.200. The number of nitrogens with zero attached hydrogens (tertiary/aromatic N) is 2.